The third-order valence-electron chi connectivity index (χ3n) is 2.04. The molecule has 2 aromatic heterocycles. The Kier molecular flexibility index (Phi) is 1.98. The number of imidazole rings is 1. The predicted octanol–water partition coefficient (Wildman–Crippen LogP) is 0.757. The van der Waals surface area contributed by atoms with E-state index >= 15 is 0 Å². The summed E-state index contributed by atoms with van der Waals surface area (Å²) in [6.45, 7) is 2.77. The van der Waals surface area contributed by atoms with Gasteiger partial charge in [0.1, 0.15) is 5.82 Å². The zero-order valence-electron chi connectivity index (χ0n) is 7.78. The van der Waals surface area contributed by atoms with Gasteiger partial charge in [0, 0.05) is 18.9 Å². The molecule has 2 rings (SSSR count). The Balaban J connectivity index is 2.63. The lowest BCUT2D eigenvalue weighted by Gasteiger charge is -1.95. The molecule has 1 N–H and O–H groups in total. The third-order valence-corrected chi connectivity index (χ3v) is 2.04. The van der Waals surface area contributed by atoms with E-state index in [2.05, 4.69) is 15.3 Å². The summed E-state index contributed by atoms with van der Waals surface area (Å²) in [5.74, 6) is 1.00. The van der Waals surface area contributed by atoms with Crippen LogP contribution in [0, 0.1) is 6.92 Å². The molecule has 0 spiro atoms. The number of hydrogen-bond acceptors (Lipinski definition) is 3. The number of fused-ring (bicyclic) bond motifs is 1. The number of rotatable bonds is 2. The van der Waals surface area contributed by atoms with Gasteiger partial charge in [-0.15, -0.1) is 0 Å². The second-order valence-electron chi connectivity index (χ2n) is 2.97. The standard InChI is InChI=1S/C9H12N4/c1-7-12-8(5-10-2)9-6-11-3-4-13(7)9/h3-4,6,10H,5H2,1-2H3. The van der Waals surface area contributed by atoms with Gasteiger partial charge in [-0.05, 0) is 14.0 Å². The molecule has 0 aromatic carbocycles. The second-order valence-corrected chi connectivity index (χ2v) is 2.97. The van der Waals surface area contributed by atoms with E-state index in [-0.39, 0.29) is 0 Å². The lowest BCUT2D eigenvalue weighted by Crippen LogP contribution is -2.05. The summed E-state index contributed by atoms with van der Waals surface area (Å²) in [4.78, 5) is 8.52. The Labute approximate surface area is 76.6 Å². The highest BCUT2D eigenvalue weighted by atomic mass is 15.0. The largest absolute Gasteiger partial charge is 0.314 e. The number of hydrogen-bond donors (Lipinski definition) is 1. The van der Waals surface area contributed by atoms with Crippen molar-refractivity contribution in [3.05, 3.63) is 30.1 Å². The van der Waals surface area contributed by atoms with Gasteiger partial charge in [-0.1, -0.05) is 0 Å². The zero-order chi connectivity index (χ0) is 9.26. The molecular formula is C9H12N4. The molecule has 0 aliphatic heterocycles. The van der Waals surface area contributed by atoms with Crippen molar-refractivity contribution < 1.29 is 0 Å². The van der Waals surface area contributed by atoms with Crippen molar-refractivity contribution in [3.8, 4) is 0 Å². The zero-order valence-corrected chi connectivity index (χ0v) is 7.78. The van der Waals surface area contributed by atoms with Gasteiger partial charge in [0.15, 0.2) is 0 Å². The Hall–Kier alpha value is -1.42. The summed E-state index contributed by atoms with van der Waals surface area (Å²) in [5.41, 5.74) is 2.13. The number of nitrogens with one attached hydrogen (secondary N) is 1. The number of aryl methyl sites for hydroxylation is 1. The molecule has 4 nitrogen and oxygen atoms in total. The average molecular weight is 176 g/mol. The van der Waals surface area contributed by atoms with Crippen LogP contribution in [0.1, 0.15) is 11.5 Å². The van der Waals surface area contributed by atoms with E-state index in [9.17, 15) is 0 Å². The minimum absolute atomic E-state index is 0.781. The second kappa shape index (κ2) is 3.14. The maximum absolute atomic E-state index is 4.44. The van der Waals surface area contributed by atoms with Gasteiger partial charge in [0.05, 0.1) is 17.4 Å². The van der Waals surface area contributed by atoms with Crippen LogP contribution in [-0.4, -0.2) is 21.4 Å². The highest BCUT2D eigenvalue weighted by molar-refractivity contribution is 5.51. The van der Waals surface area contributed by atoms with Gasteiger partial charge in [0.25, 0.3) is 0 Å². The Morgan fingerprint density at radius 3 is 3.15 bits per heavy atom. The van der Waals surface area contributed by atoms with E-state index in [1.54, 1.807) is 6.20 Å². The third kappa shape index (κ3) is 1.29. The Morgan fingerprint density at radius 1 is 1.54 bits per heavy atom. The van der Waals surface area contributed by atoms with Gasteiger partial charge in [-0.2, -0.15) is 0 Å². The van der Waals surface area contributed by atoms with E-state index in [1.165, 1.54) is 0 Å². The summed E-state index contributed by atoms with van der Waals surface area (Å²) in [6, 6.07) is 0. The normalized spacial score (nSPS) is 10.9. The first-order valence-electron chi connectivity index (χ1n) is 4.25. The molecule has 0 saturated carbocycles. The first-order chi connectivity index (χ1) is 6.33. The summed E-state index contributed by atoms with van der Waals surface area (Å²) < 4.78 is 2.04. The van der Waals surface area contributed by atoms with Crippen molar-refractivity contribution in [2.45, 2.75) is 13.5 Å². The molecule has 0 fully saturated rings. The first kappa shape index (κ1) is 8.19. The van der Waals surface area contributed by atoms with Gasteiger partial charge < -0.3 is 9.72 Å². The summed E-state index contributed by atoms with van der Waals surface area (Å²) in [7, 11) is 1.91. The smallest absolute Gasteiger partial charge is 0.110 e. The van der Waals surface area contributed by atoms with Crippen LogP contribution in [-0.2, 0) is 6.54 Å². The van der Waals surface area contributed by atoms with Crippen LogP contribution in [0.25, 0.3) is 5.52 Å². The highest BCUT2D eigenvalue weighted by Gasteiger charge is 2.05. The minimum Gasteiger partial charge on any atom is -0.314 e. The van der Waals surface area contributed by atoms with Crippen LogP contribution < -0.4 is 5.32 Å². The highest BCUT2D eigenvalue weighted by Crippen LogP contribution is 2.10. The SMILES string of the molecule is CNCc1nc(C)n2ccncc12. The van der Waals surface area contributed by atoms with Crippen molar-refractivity contribution in [2.24, 2.45) is 0 Å². The molecule has 0 aliphatic carbocycles. The lowest BCUT2D eigenvalue weighted by atomic mass is 10.4. The van der Waals surface area contributed by atoms with Crippen LogP contribution in [0.4, 0.5) is 0 Å². The molecule has 13 heavy (non-hydrogen) atoms. The van der Waals surface area contributed by atoms with Crippen molar-refractivity contribution in [3.63, 3.8) is 0 Å². The fourth-order valence-electron chi connectivity index (χ4n) is 1.46. The molecule has 0 atom stereocenters. The summed E-state index contributed by atoms with van der Waals surface area (Å²) in [6.07, 6.45) is 5.54. The summed E-state index contributed by atoms with van der Waals surface area (Å²) >= 11 is 0. The minimum atomic E-state index is 0.781. The number of nitrogens with zero attached hydrogens (tertiary/aromatic N) is 3. The fraction of sp³-hybridized carbons (Fsp3) is 0.333. The molecule has 68 valence electrons. The van der Waals surface area contributed by atoms with Crippen LogP contribution in [0.15, 0.2) is 18.6 Å². The van der Waals surface area contributed by atoms with Crippen LogP contribution >= 0.6 is 0 Å². The molecule has 2 aromatic rings. The quantitative estimate of drug-likeness (QED) is 0.734. The van der Waals surface area contributed by atoms with E-state index in [0.717, 1.165) is 23.6 Å². The van der Waals surface area contributed by atoms with E-state index < -0.39 is 0 Å². The van der Waals surface area contributed by atoms with E-state index in [0.29, 0.717) is 0 Å². The Bertz CT molecular complexity index is 418. The Morgan fingerprint density at radius 2 is 2.38 bits per heavy atom. The van der Waals surface area contributed by atoms with Crippen molar-refractivity contribution in [1.82, 2.24) is 19.7 Å². The first-order valence-corrected chi connectivity index (χ1v) is 4.25. The van der Waals surface area contributed by atoms with Gasteiger partial charge >= 0.3 is 0 Å². The predicted molar refractivity (Wildman–Crippen MR) is 50.5 cm³/mol. The molecule has 2 heterocycles. The average Bonchev–Trinajstić information content (AvgIpc) is 2.46. The van der Waals surface area contributed by atoms with Crippen molar-refractivity contribution in [1.29, 1.82) is 0 Å². The van der Waals surface area contributed by atoms with Gasteiger partial charge in [0.2, 0.25) is 0 Å². The van der Waals surface area contributed by atoms with E-state index in [1.807, 2.05) is 30.8 Å². The molecule has 0 unspecified atom stereocenters. The van der Waals surface area contributed by atoms with Crippen LogP contribution in [0.3, 0.4) is 0 Å². The van der Waals surface area contributed by atoms with Crippen molar-refractivity contribution in [2.75, 3.05) is 7.05 Å². The fourth-order valence-corrected chi connectivity index (χ4v) is 1.46. The number of aromatic nitrogens is 3. The topological polar surface area (TPSA) is 42.2 Å². The molecule has 0 aliphatic rings. The summed E-state index contributed by atoms with van der Waals surface area (Å²) in [5, 5.41) is 3.09. The van der Waals surface area contributed by atoms with Crippen molar-refractivity contribution >= 4 is 5.52 Å². The van der Waals surface area contributed by atoms with Crippen LogP contribution in [0.5, 0.6) is 0 Å². The lowest BCUT2D eigenvalue weighted by molar-refractivity contribution is 0.800. The monoisotopic (exact) mass is 176 g/mol. The van der Waals surface area contributed by atoms with E-state index in [4.69, 9.17) is 0 Å². The molecule has 0 amide bonds. The van der Waals surface area contributed by atoms with Gasteiger partial charge in [-0.25, -0.2) is 4.98 Å². The molecule has 0 bridgehead atoms. The molecule has 0 saturated heterocycles. The van der Waals surface area contributed by atoms with Crippen LogP contribution in [0.2, 0.25) is 0 Å². The molecule has 0 radical (unpaired) electrons. The maximum Gasteiger partial charge on any atom is 0.110 e. The molecule has 4 heteroatoms. The molecular weight excluding hydrogens is 164 g/mol. The maximum atomic E-state index is 4.44. The van der Waals surface area contributed by atoms with Gasteiger partial charge in [-0.3, -0.25) is 4.98 Å².